The van der Waals surface area contributed by atoms with Crippen LogP contribution in [-0.2, 0) is 0 Å². The number of anilines is 1. The monoisotopic (exact) mass is 311 g/mol. The number of likely N-dealkylation sites (tertiary alicyclic amines) is 1. The van der Waals surface area contributed by atoms with E-state index in [4.69, 9.17) is 5.73 Å². The molecule has 98 valence electrons. The maximum Gasteiger partial charge on any atom is 0.258 e. The summed E-state index contributed by atoms with van der Waals surface area (Å²) in [5, 5.41) is 0. The van der Waals surface area contributed by atoms with Crippen molar-refractivity contribution in [1.29, 1.82) is 0 Å². The molecule has 2 heterocycles. The average molecular weight is 312 g/mol. The quantitative estimate of drug-likeness (QED) is 0.913. The second-order valence-corrected chi connectivity index (χ2v) is 5.70. The Labute approximate surface area is 116 Å². The molecule has 18 heavy (non-hydrogen) atoms. The molecule has 2 atom stereocenters. The fourth-order valence-electron chi connectivity index (χ4n) is 2.60. The van der Waals surface area contributed by atoms with Crippen LogP contribution in [0.2, 0.25) is 0 Å². The second kappa shape index (κ2) is 5.26. The van der Waals surface area contributed by atoms with E-state index < -0.39 is 0 Å². The minimum Gasteiger partial charge on any atom is -0.383 e. The van der Waals surface area contributed by atoms with Gasteiger partial charge < -0.3 is 10.6 Å². The summed E-state index contributed by atoms with van der Waals surface area (Å²) < 4.78 is 0.778. The van der Waals surface area contributed by atoms with Gasteiger partial charge in [0.1, 0.15) is 5.82 Å². The van der Waals surface area contributed by atoms with E-state index in [1.54, 1.807) is 12.3 Å². The highest BCUT2D eigenvalue weighted by Crippen LogP contribution is 2.29. The first-order chi connectivity index (χ1) is 8.54. The summed E-state index contributed by atoms with van der Waals surface area (Å²) in [6.45, 7) is 4.21. The molecule has 1 saturated heterocycles. The number of halogens is 1. The average Bonchev–Trinajstić information content (AvgIpc) is 2.72. The zero-order valence-electron chi connectivity index (χ0n) is 10.7. The molecule has 1 aromatic heterocycles. The van der Waals surface area contributed by atoms with Gasteiger partial charge in [0.15, 0.2) is 0 Å². The van der Waals surface area contributed by atoms with Crippen molar-refractivity contribution in [2.24, 2.45) is 0 Å². The van der Waals surface area contributed by atoms with Crippen LogP contribution in [0.25, 0.3) is 0 Å². The maximum absolute atomic E-state index is 12.6. The number of aromatic nitrogens is 1. The summed E-state index contributed by atoms with van der Waals surface area (Å²) in [6.07, 6.45) is 4.73. The van der Waals surface area contributed by atoms with Crippen molar-refractivity contribution in [3.8, 4) is 0 Å². The van der Waals surface area contributed by atoms with Gasteiger partial charge in [0.05, 0.1) is 5.56 Å². The van der Waals surface area contributed by atoms with Crippen molar-refractivity contribution >= 4 is 27.7 Å². The summed E-state index contributed by atoms with van der Waals surface area (Å²) in [6, 6.07) is 2.36. The molecule has 0 aliphatic carbocycles. The van der Waals surface area contributed by atoms with Crippen LogP contribution in [0.1, 0.15) is 43.5 Å². The number of carbonyl (C=O) groups excluding carboxylic acids is 1. The number of pyridine rings is 1. The van der Waals surface area contributed by atoms with E-state index in [2.05, 4.69) is 34.8 Å². The van der Waals surface area contributed by atoms with Crippen molar-refractivity contribution in [3.05, 3.63) is 22.3 Å². The fraction of sp³-hybridized carbons (Fsp3) is 0.538. The molecule has 1 aromatic rings. The lowest BCUT2D eigenvalue weighted by Crippen LogP contribution is -2.40. The van der Waals surface area contributed by atoms with Gasteiger partial charge in [0.25, 0.3) is 5.91 Å². The van der Waals surface area contributed by atoms with Crippen LogP contribution in [0.15, 0.2) is 16.7 Å². The molecule has 1 aliphatic heterocycles. The van der Waals surface area contributed by atoms with Gasteiger partial charge in [-0.2, -0.15) is 0 Å². The third-order valence-electron chi connectivity index (χ3n) is 3.61. The van der Waals surface area contributed by atoms with Crippen LogP contribution < -0.4 is 5.73 Å². The molecule has 0 bridgehead atoms. The van der Waals surface area contributed by atoms with Crippen molar-refractivity contribution in [2.75, 3.05) is 5.73 Å². The Morgan fingerprint density at radius 3 is 3.00 bits per heavy atom. The SMILES string of the molecule is CCC1CCC(C)N1C(=O)c1cc(Br)cnc1N. The van der Waals surface area contributed by atoms with Gasteiger partial charge in [-0.3, -0.25) is 4.79 Å². The van der Waals surface area contributed by atoms with E-state index >= 15 is 0 Å². The van der Waals surface area contributed by atoms with Crippen LogP contribution in [0, 0.1) is 0 Å². The van der Waals surface area contributed by atoms with E-state index in [-0.39, 0.29) is 11.9 Å². The Balaban J connectivity index is 2.32. The normalized spacial score (nSPS) is 23.4. The Morgan fingerprint density at radius 1 is 1.61 bits per heavy atom. The van der Waals surface area contributed by atoms with Crippen molar-refractivity contribution in [1.82, 2.24) is 9.88 Å². The van der Waals surface area contributed by atoms with Crippen LogP contribution >= 0.6 is 15.9 Å². The summed E-state index contributed by atoms with van der Waals surface area (Å²) in [7, 11) is 0. The summed E-state index contributed by atoms with van der Waals surface area (Å²) in [4.78, 5) is 18.6. The summed E-state index contributed by atoms with van der Waals surface area (Å²) >= 11 is 3.33. The number of rotatable bonds is 2. The molecule has 4 nitrogen and oxygen atoms in total. The molecule has 0 spiro atoms. The largest absolute Gasteiger partial charge is 0.383 e. The maximum atomic E-state index is 12.6. The topological polar surface area (TPSA) is 59.2 Å². The summed E-state index contributed by atoms with van der Waals surface area (Å²) in [5.74, 6) is 0.301. The van der Waals surface area contributed by atoms with Gasteiger partial charge >= 0.3 is 0 Å². The molecule has 0 aromatic carbocycles. The van der Waals surface area contributed by atoms with E-state index in [0.717, 1.165) is 23.7 Å². The van der Waals surface area contributed by atoms with Crippen LogP contribution in [0.4, 0.5) is 5.82 Å². The molecule has 1 aliphatic rings. The fourth-order valence-corrected chi connectivity index (χ4v) is 2.93. The molecular weight excluding hydrogens is 294 g/mol. The standard InChI is InChI=1S/C13H18BrN3O/c1-3-10-5-4-8(2)17(10)13(18)11-6-9(14)7-16-12(11)15/h6-8,10H,3-5H2,1-2H3,(H2,15,16). The summed E-state index contributed by atoms with van der Waals surface area (Å²) in [5.41, 5.74) is 6.31. The lowest BCUT2D eigenvalue weighted by molar-refractivity contribution is 0.0677. The highest BCUT2D eigenvalue weighted by atomic mass is 79.9. The Morgan fingerprint density at radius 2 is 2.33 bits per heavy atom. The Hall–Kier alpha value is -1.10. The number of hydrogen-bond donors (Lipinski definition) is 1. The number of nitrogens with zero attached hydrogens (tertiary/aromatic N) is 2. The number of nitrogens with two attached hydrogens (primary N) is 1. The molecule has 2 N–H and O–H groups in total. The number of carbonyl (C=O) groups is 1. The predicted octanol–water partition coefficient (Wildman–Crippen LogP) is 2.83. The van der Waals surface area contributed by atoms with Gasteiger partial charge in [-0.05, 0) is 48.2 Å². The smallest absolute Gasteiger partial charge is 0.258 e. The zero-order valence-corrected chi connectivity index (χ0v) is 12.3. The molecule has 1 fully saturated rings. The first-order valence-electron chi connectivity index (χ1n) is 6.28. The minimum atomic E-state index is -0.00171. The Kier molecular flexibility index (Phi) is 3.90. The molecule has 1 amide bonds. The third kappa shape index (κ3) is 2.36. The lowest BCUT2D eigenvalue weighted by Gasteiger charge is -2.28. The van der Waals surface area contributed by atoms with Gasteiger partial charge in [-0.15, -0.1) is 0 Å². The van der Waals surface area contributed by atoms with Gasteiger partial charge in [0.2, 0.25) is 0 Å². The first kappa shape index (κ1) is 13.3. The van der Waals surface area contributed by atoms with Gasteiger partial charge in [0, 0.05) is 22.8 Å². The molecular formula is C13H18BrN3O. The van der Waals surface area contributed by atoms with E-state index in [1.807, 2.05) is 4.90 Å². The minimum absolute atomic E-state index is 0.00171. The van der Waals surface area contributed by atoms with Crippen molar-refractivity contribution in [3.63, 3.8) is 0 Å². The van der Waals surface area contributed by atoms with Crippen LogP contribution in [0.5, 0.6) is 0 Å². The zero-order chi connectivity index (χ0) is 13.3. The van der Waals surface area contributed by atoms with E-state index in [1.165, 1.54) is 0 Å². The number of nitrogen functional groups attached to an aromatic ring is 1. The number of amides is 1. The molecule has 5 heteroatoms. The van der Waals surface area contributed by atoms with Gasteiger partial charge in [-0.1, -0.05) is 6.92 Å². The van der Waals surface area contributed by atoms with E-state index in [0.29, 0.717) is 17.4 Å². The predicted molar refractivity (Wildman–Crippen MR) is 75.3 cm³/mol. The van der Waals surface area contributed by atoms with Crippen LogP contribution in [-0.4, -0.2) is 27.9 Å². The lowest BCUT2D eigenvalue weighted by atomic mass is 10.1. The van der Waals surface area contributed by atoms with Crippen molar-refractivity contribution in [2.45, 2.75) is 45.2 Å². The Bertz CT molecular complexity index is 464. The molecule has 2 unspecified atom stereocenters. The number of hydrogen-bond acceptors (Lipinski definition) is 3. The molecule has 0 saturated carbocycles. The molecule has 0 radical (unpaired) electrons. The van der Waals surface area contributed by atoms with E-state index in [9.17, 15) is 4.79 Å². The highest BCUT2D eigenvalue weighted by molar-refractivity contribution is 9.10. The highest BCUT2D eigenvalue weighted by Gasteiger charge is 2.34. The van der Waals surface area contributed by atoms with Crippen molar-refractivity contribution < 1.29 is 4.79 Å². The van der Waals surface area contributed by atoms with Gasteiger partial charge in [-0.25, -0.2) is 4.98 Å². The first-order valence-corrected chi connectivity index (χ1v) is 7.07. The second-order valence-electron chi connectivity index (χ2n) is 4.79. The third-order valence-corrected chi connectivity index (χ3v) is 4.04. The molecule has 2 rings (SSSR count). The van der Waals surface area contributed by atoms with Crippen LogP contribution in [0.3, 0.4) is 0 Å².